The van der Waals surface area contributed by atoms with E-state index < -0.39 is 0 Å². The molecule has 1 heterocycles. The predicted molar refractivity (Wildman–Crippen MR) is 33.6 cm³/mol. The lowest BCUT2D eigenvalue weighted by Gasteiger charge is -1.76. The molecule has 0 saturated carbocycles. The Morgan fingerprint density at radius 2 is 2.10 bits per heavy atom. The lowest BCUT2D eigenvalue weighted by Crippen LogP contribution is -2.26. The summed E-state index contributed by atoms with van der Waals surface area (Å²) in [5.41, 5.74) is 1.37. The molecule has 0 unspecified atom stereocenters. The topological polar surface area (TPSA) is 37.2 Å². The Balaban J connectivity index is 2.93. The van der Waals surface area contributed by atoms with Crippen LogP contribution in [0.25, 0.3) is 11.1 Å². The van der Waals surface area contributed by atoms with Gasteiger partial charge in [0, 0.05) is 6.07 Å². The van der Waals surface area contributed by atoms with Crippen LogP contribution in [0.3, 0.4) is 0 Å². The van der Waals surface area contributed by atoms with Crippen molar-refractivity contribution in [3.05, 3.63) is 30.7 Å². The van der Waals surface area contributed by atoms with Crippen LogP contribution < -0.4 is 4.73 Å². The van der Waals surface area contributed by atoms with Crippen molar-refractivity contribution in [2.24, 2.45) is 0 Å². The summed E-state index contributed by atoms with van der Waals surface area (Å²) in [4.78, 5) is 0. The molecule has 0 atom stereocenters. The van der Waals surface area contributed by atoms with Crippen LogP contribution in [0.4, 0.5) is 0 Å². The second-order valence-corrected chi connectivity index (χ2v) is 2.04. The second kappa shape index (κ2) is 1.73. The van der Waals surface area contributed by atoms with Gasteiger partial charge in [-0.05, 0) is 6.07 Å². The van der Waals surface area contributed by atoms with E-state index in [1.54, 1.807) is 12.1 Å². The molecule has 0 amide bonds. The van der Waals surface area contributed by atoms with E-state index in [-0.39, 0.29) is 0 Å². The third-order valence-electron chi connectivity index (χ3n) is 1.39. The van der Waals surface area contributed by atoms with Gasteiger partial charge in [-0.25, -0.2) is 0 Å². The first-order chi connectivity index (χ1) is 4.88. The molecule has 1 aromatic heterocycles. The van der Waals surface area contributed by atoms with E-state index in [1.165, 1.54) is 6.39 Å². The minimum Gasteiger partial charge on any atom is -0.400 e. The molecular weight excluding hydrogens is 130 g/mol. The molecule has 3 nitrogen and oxygen atoms in total. The average Bonchev–Trinajstić information content (AvgIpc) is 2.34. The molecule has 10 heavy (non-hydrogen) atoms. The fourth-order valence-electron chi connectivity index (χ4n) is 0.910. The Kier molecular flexibility index (Phi) is 0.917. The van der Waals surface area contributed by atoms with E-state index in [0.29, 0.717) is 11.1 Å². The maximum absolute atomic E-state index is 9.03. The Bertz CT molecular complexity index is 353. The quantitative estimate of drug-likeness (QED) is 0.432. The summed E-state index contributed by atoms with van der Waals surface area (Å²) >= 11 is 0. The van der Waals surface area contributed by atoms with Crippen molar-refractivity contribution in [3.63, 3.8) is 0 Å². The second-order valence-electron chi connectivity index (χ2n) is 2.04. The monoisotopic (exact) mass is 136 g/mol. The first-order valence-corrected chi connectivity index (χ1v) is 2.95. The lowest BCUT2D eigenvalue weighted by atomic mass is 10.3. The molecule has 0 saturated heterocycles. The summed E-state index contributed by atoms with van der Waals surface area (Å²) in [6.07, 6.45) is 1.25. The Morgan fingerprint density at radius 3 is 2.90 bits per heavy atom. The van der Waals surface area contributed by atoms with Crippen LogP contribution in [0.5, 0.6) is 0 Å². The van der Waals surface area contributed by atoms with E-state index in [9.17, 15) is 0 Å². The minimum absolute atomic E-state index is 0.683. The van der Waals surface area contributed by atoms with Crippen molar-refractivity contribution in [2.75, 3.05) is 0 Å². The van der Waals surface area contributed by atoms with Crippen molar-refractivity contribution in [2.45, 2.75) is 0 Å². The summed E-state index contributed by atoms with van der Waals surface area (Å²) in [5.74, 6) is 0. The number of para-hydroxylation sites is 2. The number of aromatic nitrogens is 1. The predicted octanol–water partition coefficient (Wildman–Crippen LogP) is 0.958. The number of hydrogen-bond acceptors (Lipinski definition) is 2. The molecule has 0 aliphatic heterocycles. The van der Waals surface area contributed by atoms with Crippen molar-refractivity contribution in [1.29, 1.82) is 0 Å². The molecule has 0 bridgehead atoms. The number of hydrogen-bond donors (Lipinski definition) is 1. The van der Waals surface area contributed by atoms with E-state index in [0.717, 1.165) is 4.73 Å². The zero-order valence-electron chi connectivity index (χ0n) is 5.19. The van der Waals surface area contributed by atoms with E-state index in [2.05, 4.69) is 0 Å². The number of benzene rings is 1. The van der Waals surface area contributed by atoms with E-state index in [1.807, 2.05) is 12.1 Å². The van der Waals surface area contributed by atoms with Gasteiger partial charge in [0.15, 0.2) is 0 Å². The molecular formula is C7H6NO2+. The SMILES string of the molecule is O[n+]1coc2ccccc21. The minimum atomic E-state index is 0.683. The largest absolute Gasteiger partial charge is 0.400 e. The smallest absolute Gasteiger partial charge is 0.385 e. The van der Waals surface area contributed by atoms with Crippen LogP contribution in [0, 0.1) is 0 Å². The third kappa shape index (κ3) is 0.572. The Labute approximate surface area is 57.1 Å². The first-order valence-electron chi connectivity index (χ1n) is 2.95. The van der Waals surface area contributed by atoms with Crippen LogP contribution in [-0.2, 0) is 0 Å². The third-order valence-corrected chi connectivity index (χ3v) is 1.39. The van der Waals surface area contributed by atoms with Gasteiger partial charge in [-0.15, -0.1) is 0 Å². The molecule has 50 valence electrons. The van der Waals surface area contributed by atoms with E-state index >= 15 is 0 Å². The first kappa shape index (κ1) is 5.29. The number of rotatable bonds is 0. The molecule has 2 rings (SSSR count). The zero-order chi connectivity index (χ0) is 6.97. The van der Waals surface area contributed by atoms with Crippen LogP contribution in [0.1, 0.15) is 0 Å². The fourth-order valence-corrected chi connectivity index (χ4v) is 0.910. The molecule has 3 heteroatoms. The van der Waals surface area contributed by atoms with Crippen molar-refractivity contribution in [3.8, 4) is 0 Å². The fraction of sp³-hybridized carbons (Fsp3) is 0. The van der Waals surface area contributed by atoms with Gasteiger partial charge >= 0.3 is 11.9 Å². The highest BCUT2D eigenvalue weighted by molar-refractivity contribution is 5.67. The van der Waals surface area contributed by atoms with Gasteiger partial charge in [-0.2, -0.15) is 0 Å². The maximum atomic E-state index is 9.03. The number of fused-ring (bicyclic) bond motifs is 1. The molecule has 0 aliphatic rings. The molecule has 0 aliphatic carbocycles. The summed E-state index contributed by atoms with van der Waals surface area (Å²) in [6.45, 7) is 0. The molecule has 0 fully saturated rings. The van der Waals surface area contributed by atoms with Gasteiger partial charge in [0.25, 0.3) is 0 Å². The van der Waals surface area contributed by atoms with Gasteiger partial charge in [0.05, 0.1) is 4.73 Å². The highest BCUT2D eigenvalue weighted by Gasteiger charge is 2.09. The zero-order valence-corrected chi connectivity index (χ0v) is 5.19. The van der Waals surface area contributed by atoms with Gasteiger partial charge in [-0.3, -0.25) is 5.21 Å². The van der Waals surface area contributed by atoms with E-state index in [4.69, 9.17) is 9.62 Å². The lowest BCUT2D eigenvalue weighted by molar-refractivity contribution is -0.887. The average molecular weight is 136 g/mol. The van der Waals surface area contributed by atoms with Crippen LogP contribution in [0.15, 0.2) is 35.1 Å². The number of nitrogens with zero attached hydrogens (tertiary/aromatic N) is 1. The normalized spacial score (nSPS) is 10.4. The van der Waals surface area contributed by atoms with Crippen molar-refractivity contribution < 1.29 is 14.4 Å². The van der Waals surface area contributed by atoms with Gasteiger partial charge < -0.3 is 4.42 Å². The molecule has 0 radical (unpaired) electrons. The highest BCUT2D eigenvalue weighted by atomic mass is 16.5. The maximum Gasteiger partial charge on any atom is 0.385 e. The molecule has 2 aromatic rings. The summed E-state index contributed by atoms with van der Waals surface area (Å²) in [7, 11) is 0. The Hall–Kier alpha value is -1.51. The van der Waals surface area contributed by atoms with Gasteiger partial charge in [-0.1, -0.05) is 12.1 Å². The molecule has 1 aromatic carbocycles. The summed E-state index contributed by atoms with van der Waals surface area (Å²) < 4.78 is 5.92. The summed E-state index contributed by atoms with van der Waals surface area (Å²) in [6, 6.07) is 7.26. The van der Waals surface area contributed by atoms with Crippen LogP contribution >= 0.6 is 0 Å². The summed E-state index contributed by atoms with van der Waals surface area (Å²) in [5, 5.41) is 9.03. The highest BCUT2D eigenvalue weighted by Crippen LogP contribution is 2.07. The Morgan fingerprint density at radius 1 is 1.30 bits per heavy atom. The molecule has 0 spiro atoms. The molecule has 1 N–H and O–H groups in total. The van der Waals surface area contributed by atoms with Crippen molar-refractivity contribution >= 4 is 11.1 Å². The van der Waals surface area contributed by atoms with Gasteiger partial charge in [0.2, 0.25) is 5.58 Å². The van der Waals surface area contributed by atoms with Crippen LogP contribution in [0.2, 0.25) is 0 Å². The van der Waals surface area contributed by atoms with Crippen LogP contribution in [-0.4, -0.2) is 5.21 Å². The standard InChI is InChI=1S/C7H6NO2/c9-8-5-10-7-4-2-1-3-6(7)8/h1-5,9H/q+1. The van der Waals surface area contributed by atoms with Gasteiger partial charge in [0.1, 0.15) is 0 Å². The van der Waals surface area contributed by atoms with Crippen molar-refractivity contribution in [1.82, 2.24) is 0 Å². The number of oxazole rings is 1.